The molecule has 1 N–H and O–H groups in total. The van der Waals surface area contributed by atoms with Gasteiger partial charge in [-0.1, -0.05) is 29.0 Å². The number of carbonyl (C=O) groups is 1. The maximum atomic E-state index is 11.1. The Morgan fingerprint density at radius 2 is 1.95 bits per heavy atom. The van der Waals surface area contributed by atoms with Crippen LogP contribution >= 0.6 is 0 Å². The van der Waals surface area contributed by atoms with E-state index in [2.05, 4.69) is 15.3 Å². The predicted molar refractivity (Wildman–Crippen MR) is 81.1 cm³/mol. The lowest BCUT2D eigenvalue weighted by Crippen LogP contribution is -2.11. The van der Waals surface area contributed by atoms with Gasteiger partial charge in [0.05, 0.1) is 5.69 Å². The predicted octanol–water partition coefficient (Wildman–Crippen LogP) is 2.40. The van der Waals surface area contributed by atoms with Crippen LogP contribution < -0.4 is 0 Å². The molecular weight excluding hydrogens is 280 g/mol. The van der Waals surface area contributed by atoms with E-state index in [9.17, 15) is 4.79 Å². The van der Waals surface area contributed by atoms with Gasteiger partial charge in [0.15, 0.2) is 0 Å². The average Bonchev–Trinajstić information content (AvgIpc) is 2.91. The number of carboxylic acid groups (broad SMARTS) is 1. The summed E-state index contributed by atoms with van der Waals surface area (Å²) >= 11 is 0. The Balaban J connectivity index is 2.20. The summed E-state index contributed by atoms with van der Waals surface area (Å²) < 4.78 is 1.41. The van der Waals surface area contributed by atoms with Gasteiger partial charge in [-0.3, -0.25) is 9.78 Å². The van der Waals surface area contributed by atoms with E-state index in [1.165, 1.54) is 4.68 Å². The molecule has 22 heavy (non-hydrogen) atoms. The molecule has 0 bridgehead atoms. The zero-order valence-electron chi connectivity index (χ0n) is 12.0. The van der Waals surface area contributed by atoms with Crippen molar-refractivity contribution in [3.8, 4) is 22.5 Å². The molecule has 2 aromatic heterocycles. The van der Waals surface area contributed by atoms with E-state index in [4.69, 9.17) is 5.11 Å². The number of aryl methyl sites for hydroxylation is 1. The number of aromatic nitrogens is 4. The minimum absolute atomic E-state index is 0.235. The van der Waals surface area contributed by atoms with Gasteiger partial charge in [-0.2, -0.15) is 0 Å². The normalized spacial score (nSPS) is 10.6. The van der Waals surface area contributed by atoms with Gasteiger partial charge in [-0.25, -0.2) is 4.68 Å². The van der Waals surface area contributed by atoms with Crippen LogP contribution in [-0.4, -0.2) is 31.1 Å². The third-order valence-corrected chi connectivity index (χ3v) is 3.27. The van der Waals surface area contributed by atoms with Gasteiger partial charge in [-0.05, 0) is 25.1 Å². The van der Waals surface area contributed by atoms with Crippen molar-refractivity contribution in [2.24, 2.45) is 0 Å². The van der Waals surface area contributed by atoms with E-state index in [0.29, 0.717) is 11.4 Å². The van der Waals surface area contributed by atoms with E-state index in [1.54, 1.807) is 12.4 Å². The number of rotatable bonds is 4. The molecule has 6 nitrogen and oxygen atoms in total. The summed E-state index contributed by atoms with van der Waals surface area (Å²) in [4.78, 5) is 15.1. The van der Waals surface area contributed by atoms with Gasteiger partial charge in [0, 0.05) is 23.5 Å². The molecule has 0 aliphatic carbocycles. The van der Waals surface area contributed by atoms with Crippen LogP contribution in [0.25, 0.3) is 22.5 Å². The molecule has 0 amide bonds. The van der Waals surface area contributed by atoms with Crippen molar-refractivity contribution in [3.05, 3.63) is 54.4 Å². The fourth-order valence-corrected chi connectivity index (χ4v) is 2.33. The molecule has 2 heterocycles. The Morgan fingerprint density at radius 1 is 1.18 bits per heavy atom. The van der Waals surface area contributed by atoms with E-state index in [0.717, 1.165) is 16.7 Å². The molecular formula is C16H14N4O2. The van der Waals surface area contributed by atoms with Gasteiger partial charge in [0.25, 0.3) is 0 Å². The summed E-state index contributed by atoms with van der Waals surface area (Å²) in [6.07, 6.45) is 3.34. The van der Waals surface area contributed by atoms with Crippen molar-refractivity contribution < 1.29 is 9.90 Å². The first kappa shape index (κ1) is 13.9. The summed E-state index contributed by atoms with van der Waals surface area (Å²) in [5.74, 6) is -0.958. The lowest BCUT2D eigenvalue weighted by molar-refractivity contribution is -0.137. The first-order chi connectivity index (χ1) is 10.6. The van der Waals surface area contributed by atoms with Crippen LogP contribution in [0.3, 0.4) is 0 Å². The second-order valence-electron chi connectivity index (χ2n) is 4.94. The highest BCUT2D eigenvalue weighted by atomic mass is 16.4. The smallest absolute Gasteiger partial charge is 0.325 e. The molecule has 3 aromatic rings. The molecule has 0 fully saturated rings. The zero-order chi connectivity index (χ0) is 15.5. The van der Waals surface area contributed by atoms with E-state index in [1.807, 2.05) is 43.3 Å². The average molecular weight is 294 g/mol. The minimum atomic E-state index is -0.958. The van der Waals surface area contributed by atoms with Gasteiger partial charge >= 0.3 is 5.97 Å². The van der Waals surface area contributed by atoms with E-state index < -0.39 is 5.97 Å². The van der Waals surface area contributed by atoms with Crippen molar-refractivity contribution in [3.63, 3.8) is 0 Å². The molecule has 6 heteroatoms. The van der Waals surface area contributed by atoms with Crippen LogP contribution in [0.1, 0.15) is 5.56 Å². The Morgan fingerprint density at radius 3 is 2.64 bits per heavy atom. The summed E-state index contributed by atoms with van der Waals surface area (Å²) in [6.45, 7) is 1.75. The Kier molecular flexibility index (Phi) is 3.65. The van der Waals surface area contributed by atoms with Crippen LogP contribution in [0.15, 0.2) is 48.8 Å². The summed E-state index contributed by atoms with van der Waals surface area (Å²) in [6, 6.07) is 11.5. The number of hydrogen-bond donors (Lipinski definition) is 1. The third-order valence-electron chi connectivity index (χ3n) is 3.27. The first-order valence-corrected chi connectivity index (χ1v) is 6.78. The SMILES string of the molecule is Cc1cccc(-c2c(-c3ccncc3)nnn2CC(=O)O)c1. The lowest BCUT2D eigenvalue weighted by Gasteiger charge is -2.07. The van der Waals surface area contributed by atoms with Crippen molar-refractivity contribution in [1.82, 2.24) is 20.0 Å². The fourth-order valence-electron chi connectivity index (χ4n) is 2.33. The van der Waals surface area contributed by atoms with Gasteiger partial charge in [0.2, 0.25) is 0 Å². The molecule has 110 valence electrons. The quantitative estimate of drug-likeness (QED) is 0.799. The second-order valence-corrected chi connectivity index (χ2v) is 4.94. The molecule has 0 spiro atoms. The molecule has 0 aliphatic heterocycles. The maximum Gasteiger partial charge on any atom is 0.325 e. The lowest BCUT2D eigenvalue weighted by atomic mass is 10.0. The highest BCUT2D eigenvalue weighted by Crippen LogP contribution is 2.30. The Labute approximate surface area is 127 Å². The highest BCUT2D eigenvalue weighted by Gasteiger charge is 2.18. The van der Waals surface area contributed by atoms with Crippen molar-refractivity contribution in [1.29, 1.82) is 0 Å². The van der Waals surface area contributed by atoms with E-state index >= 15 is 0 Å². The van der Waals surface area contributed by atoms with Crippen LogP contribution in [0, 0.1) is 6.92 Å². The minimum Gasteiger partial charge on any atom is -0.480 e. The molecule has 0 saturated carbocycles. The third kappa shape index (κ3) is 2.71. The Bertz CT molecular complexity index is 812. The number of pyridine rings is 1. The molecule has 0 radical (unpaired) electrons. The monoisotopic (exact) mass is 294 g/mol. The summed E-state index contributed by atoms with van der Waals surface area (Å²) in [5, 5.41) is 17.2. The van der Waals surface area contributed by atoms with Gasteiger partial charge in [-0.15, -0.1) is 5.10 Å². The van der Waals surface area contributed by atoms with Crippen LogP contribution in [-0.2, 0) is 11.3 Å². The van der Waals surface area contributed by atoms with Gasteiger partial charge in [0.1, 0.15) is 12.2 Å². The second kappa shape index (κ2) is 5.77. The Hall–Kier alpha value is -3.02. The van der Waals surface area contributed by atoms with Crippen molar-refractivity contribution in [2.75, 3.05) is 0 Å². The standard InChI is InChI=1S/C16H14N4O2/c1-11-3-2-4-13(9-11)16-15(12-5-7-17-8-6-12)18-19-20(16)10-14(21)22/h2-9H,10H2,1H3,(H,21,22). The van der Waals surface area contributed by atoms with E-state index in [-0.39, 0.29) is 6.54 Å². The fraction of sp³-hybridized carbons (Fsp3) is 0.125. The molecule has 0 saturated heterocycles. The number of hydrogen-bond acceptors (Lipinski definition) is 4. The summed E-state index contributed by atoms with van der Waals surface area (Å²) in [5.41, 5.74) is 4.16. The number of benzene rings is 1. The summed E-state index contributed by atoms with van der Waals surface area (Å²) in [7, 11) is 0. The van der Waals surface area contributed by atoms with Crippen molar-refractivity contribution >= 4 is 5.97 Å². The number of carboxylic acids is 1. The van der Waals surface area contributed by atoms with Crippen LogP contribution in [0.4, 0.5) is 0 Å². The maximum absolute atomic E-state index is 11.1. The van der Waals surface area contributed by atoms with Crippen LogP contribution in [0.2, 0.25) is 0 Å². The molecule has 0 atom stereocenters. The highest BCUT2D eigenvalue weighted by molar-refractivity contribution is 5.79. The zero-order valence-corrected chi connectivity index (χ0v) is 12.0. The molecule has 0 aliphatic rings. The number of aliphatic carboxylic acids is 1. The molecule has 1 aromatic carbocycles. The number of nitrogens with zero attached hydrogens (tertiary/aromatic N) is 4. The molecule has 0 unspecified atom stereocenters. The topological polar surface area (TPSA) is 80.9 Å². The molecule has 3 rings (SSSR count). The van der Waals surface area contributed by atoms with Crippen molar-refractivity contribution in [2.45, 2.75) is 13.5 Å². The first-order valence-electron chi connectivity index (χ1n) is 6.78. The largest absolute Gasteiger partial charge is 0.480 e. The van der Waals surface area contributed by atoms with Crippen LogP contribution in [0.5, 0.6) is 0 Å². The van der Waals surface area contributed by atoms with Gasteiger partial charge < -0.3 is 5.11 Å².